The highest BCUT2D eigenvalue weighted by Gasteiger charge is 2.34. The van der Waals surface area contributed by atoms with Gasteiger partial charge in [0.05, 0.1) is 0 Å². The number of alkyl halides is 3. The van der Waals surface area contributed by atoms with Crippen molar-refractivity contribution in [3.05, 3.63) is 18.0 Å². The topological polar surface area (TPSA) is 46.9 Å². The SMILES string of the molecule is CCCNC(=O)C(C)n1ccc(C(F)(F)F)n1. The van der Waals surface area contributed by atoms with E-state index in [1.165, 1.54) is 6.92 Å². The molecule has 0 fully saturated rings. The number of hydrogen-bond donors (Lipinski definition) is 1. The number of halogens is 3. The average molecular weight is 249 g/mol. The van der Waals surface area contributed by atoms with Gasteiger partial charge in [-0.3, -0.25) is 9.48 Å². The van der Waals surface area contributed by atoms with E-state index < -0.39 is 17.9 Å². The molecule has 4 nitrogen and oxygen atoms in total. The van der Waals surface area contributed by atoms with Crippen molar-refractivity contribution in [1.29, 1.82) is 0 Å². The molecule has 1 rings (SSSR count). The number of nitrogens with one attached hydrogen (secondary N) is 1. The second-order valence-electron chi connectivity index (χ2n) is 3.65. The second kappa shape index (κ2) is 5.20. The van der Waals surface area contributed by atoms with Crippen molar-refractivity contribution in [3.63, 3.8) is 0 Å². The van der Waals surface area contributed by atoms with E-state index in [-0.39, 0.29) is 5.91 Å². The molecular formula is C10H14F3N3O. The molecule has 0 saturated heterocycles. The van der Waals surface area contributed by atoms with Gasteiger partial charge in [0.1, 0.15) is 6.04 Å². The molecular weight excluding hydrogens is 235 g/mol. The zero-order valence-corrected chi connectivity index (χ0v) is 9.58. The third-order valence-electron chi connectivity index (χ3n) is 2.22. The molecule has 1 N–H and O–H groups in total. The first-order valence-corrected chi connectivity index (χ1v) is 5.26. The second-order valence-corrected chi connectivity index (χ2v) is 3.65. The number of rotatable bonds is 4. The zero-order valence-electron chi connectivity index (χ0n) is 9.58. The van der Waals surface area contributed by atoms with Gasteiger partial charge in [0.15, 0.2) is 5.69 Å². The van der Waals surface area contributed by atoms with Gasteiger partial charge in [-0.05, 0) is 19.4 Å². The first kappa shape index (κ1) is 13.5. The highest BCUT2D eigenvalue weighted by Crippen LogP contribution is 2.27. The average Bonchev–Trinajstić information content (AvgIpc) is 2.73. The molecule has 0 aromatic carbocycles. The normalized spacial score (nSPS) is 13.5. The lowest BCUT2D eigenvalue weighted by atomic mass is 10.3. The number of carbonyl (C=O) groups excluding carboxylic acids is 1. The van der Waals surface area contributed by atoms with Gasteiger partial charge < -0.3 is 5.32 Å². The van der Waals surface area contributed by atoms with Crippen molar-refractivity contribution in [2.45, 2.75) is 32.5 Å². The van der Waals surface area contributed by atoms with Gasteiger partial charge in [0.2, 0.25) is 5.91 Å². The maximum Gasteiger partial charge on any atom is 0.435 e. The van der Waals surface area contributed by atoms with Crippen LogP contribution in [0.1, 0.15) is 32.0 Å². The third-order valence-corrected chi connectivity index (χ3v) is 2.22. The highest BCUT2D eigenvalue weighted by atomic mass is 19.4. The van der Waals surface area contributed by atoms with Gasteiger partial charge in [-0.15, -0.1) is 0 Å². The molecule has 0 aliphatic carbocycles. The summed E-state index contributed by atoms with van der Waals surface area (Å²) in [6, 6.07) is 0.0986. The van der Waals surface area contributed by atoms with Crippen molar-refractivity contribution in [1.82, 2.24) is 15.1 Å². The number of carbonyl (C=O) groups is 1. The van der Waals surface area contributed by atoms with Gasteiger partial charge in [-0.1, -0.05) is 6.92 Å². The Labute approximate surface area is 96.8 Å². The van der Waals surface area contributed by atoms with E-state index in [9.17, 15) is 18.0 Å². The van der Waals surface area contributed by atoms with Crippen LogP contribution in [0.2, 0.25) is 0 Å². The van der Waals surface area contributed by atoms with Crippen LogP contribution in [0.4, 0.5) is 13.2 Å². The van der Waals surface area contributed by atoms with Crippen molar-refractivity contribution >= 4 is 5.91 Å². The molecule has 1 heterocycles. The van der Waals surface area contributed by atoms with Gasteiger partial charge in [-0.25, -0.2) is 0 Å². The lowest BCUT2D eigenvalue weighted by molar-refractivity contribution is -0.142. The summed E-state index contributed by atoms with van der Waals surface area (Å²) in [6.07, 6.45) is -2.56. The lowest BCUT2D eigenvalue weighted by Crippen LogP contribution is -2.31. The largest absolute Gasteiger partial charge is 0.435 e. The molecule has 1 amide bonds. The van der Waals surface area contributed by atoms with E-state index in [0.717, 1.165) is 23.4 Å². The van der Waals surface area contributed by atoms with Crippen LogP contribution in [0.25, 0.3) is 0 Å². The number of hydrogen-bond acceptors (Lipinski definition) is 2. The van der Waals surface area contributed by atoms with E-state index in [1.54, 1.807) is 0 Å². The highest BCUT2D eigenvalue weighted by molar-refractivity contribution is 5.79. The molecule has 0 aliphatic heterocycles. The minimum Gasteiger partial charge on any atom is -0.354 e. The molecule has 1 unspecified atom stereocenters. The summed E-state index contributed by atoms with van der Waals surface area (Å²) in [6.45, 7) is 3.88. The molecule has 0 radical (unpaired) electrons. The van der Waals surface area contributed by atoms with Crippen LogP contribution in [0, 0.1) is 0 Å². The Hall–Kier alpha value is -1.53. The van der Waals surface area contributed by atoms with E-state index in [1.807, 2.05) is 6.92 Å². The van der Waals surface area contributed by atoms with Crippen LogP contribution in [0.3, 0.4) is 0 Å². The Balaban J connectivity index is 2.73. The number of nitrogens with zero attached hydrogens (tertiary/aromatic N) is 2. The molecule has 1 atom stereocenters. The Morgan fingerprint density at radius 1 is 1.59 bits per heavy atom. The Bertz CT molecular complexity index is 386. The van der Waals surface area contributed by atoms with Crippen LogP contribution < -0.4 is 5.32 Å². The van der Waals surface area contributed by atoms with E-state index >= 15 is 0 Å². The maximum absolute atomic E-state index is 12.3. The summed E-state index contributed by atoms with van der Waals surface area (Å²) >= 11 is 0. The van der Waals surface area contributed by atoms with Crippen molar-refractivity contribution < 1.29 is 18.0 Å². The summed E-state index contributed by atoms with van der Waals surface area (Å²) in [5.74, 6) is -0.344. The fraction of sp³-hybridized carbons (Fsp3) is 0.600. The molecule has 1 aromatic heterocycles. The molecule has 17 heavy (non-hydrogen) atoms. The Morgan fingerprint density at radius 2 is 2.24 bits per heavy atom. The summed E-state index contributed by atoms with van der Waals surface area (Å²) in [7, 11) is 0. The molecule has 0 saturated carbocycles. The third kappa shape index (κ3) is 3.47. The predicted molar refractivity (Wildman–Crippen MR) is 55.2 cm³/mol. The van der Waals surface area contributed by atoms with E-state index in [2.05, 4.69) is 10.4 Å². The van der Waals surface area contributed by atoms with E-state index in [4.69, 9.17) is 0 Å². The van der Waals surface area contributed by atoms with Gasteiger partial charge in [0.25, 0.3) is 0 Å². The molecule has 7 heteroatoms. The lowest BCUT2D eigenvalue weighted by Gasteiger charge is -2.12. The standard InChI is InChI=1S/C10H14F3N3O/c1-3-5-14-9(17)7(2)16-6-4-8(15-16)10(11,12)13/h4,6-7H,3,5H2,1-2H3,(H,14,17). The smallest absolute Gasteiger partial charge is 0.354 e. The molecule has 0 bridgehead atoms. The first-order chi connectivity index (χ1) is 7.86. The molecule has 0 aliphatic rings. The quantitative estimate of drug-likeness (QED) is 0.887. The Kier molecular flexibility index (Phi) is 4.14. The molecule has 0 spiro atoms. The van der Waals surface area contributed by atoms with Crippen LogP contribution >= 0.6 is 0 Å². The fourth-order valence-corrected chi connectivity index (χ4v) is 1.22. The summed E-state index contributed by atoms with van der Waals surface area (Å²) < 4.78 is 37.9. The van der Waals surface area contributed by atoms with Gasteiger partial charge >= 0.3 is 6.18 Å². The van der Waals surface area contributed by atoms with Crippen LogP contribution in [0.15, 0.2) is 12.3 Å². The summed E-state index contributed by atoms with van der Waals surface area (Å²) in [5.41, 5.74) is -0.993. The summed E-state index contributed by atoms with van der Waals surface area (Å²) in [4.78, 5) is 11.5. The molecule has 96 valence electrons. The zero-order chi connectivity index (χ0) is 13.1. The van der Waals surface area contributed by atoms with Crippen LogP contribution in [0.5, 0.6) is 0 Å². The summed E-state index contributed by atoms with van der Waals surface area (Å²) in [5, 5.41) is 5.94. The van der Waals surface area contributed by atoms with Gasteiger partial charge in [-0.2, -0.15) is 18.3 Å². The van der Waals surface area contributed by atoms with Crippen molar-refractivity contribution in [2.24, 2.45) is 0 Å². The van der Waals surface area contributed by atoms with E-state index in [0.29, 0.717) is 6.54 Å². The minimum atomic E-state index is -4.48. The van der Waals surface area contributed by atoms with Gasteiger partial charge in [0, 0.05) is 12.7 Å². The predicted octanol–water partition coefficient (Wildman–Crippen LogP) is 1.99. The monoisotopic (exact) mass is 249 g/mol. The minimum absolute atomic E-state index is 0.344. The molecule has 1 aromatic rings. The van der Waals surface area contributed by atoms with Crippen LogP contribution in [-0.2, 0) is 11.0 Å². The maximum atomic E-state index is 12.3. The number of aromatic nitrogens is 2. The van der Waals surface area contributed by atoms with Crippen molar-refractivity contribution in [3.8, 4) is 0 Å². The van der Waals surface area contributed by atoms with Crippen LogP contribution in [-0.4, -0.2) is 22.2 Å². The fourth-order valence-electron chi connectivity index (χ4n) is 1.22. The Morgan fingerprint density at radius 3 is 2.71 bits per heavy atom. The number of amides is 1. The van der Waals surface area contributed by atoms with Crippen molar-refractivity contribution in [2.75, 3.05) is 6.54 Å². The first-order valence-electron chi connectivity index (χ1n) is 5.26.